The average Bonchev–Trinajstić information content (AvgIpc) is 2.46. The van der Waals surface area contributed by atoms with E-state index < -0.39 is 5.97 Å². The highest BCUT2D eigenvalue weighted by atomic mass is 16.5. The fourth-order valence-corrected chi connectivity index (χ4v) is 1.59. The van der Waals surface area contributed by atoms with Gasteiger partial charge in [-0.25, -0.2) is 4.79 Å². The highest BCUT2D eigenvalue weighted by Crippen LogP contribution is 2.22. The minimum atomic E-state index is -1.02. The largest absolute Gasteiger partial charge is 0.478 e. The first-order chi connectivity index (χ1) is 9.67. The van der Waals surface area contributed by atoms with Crippen LogP contribution in [0.2, 0.25) is 0 Å². The van der Waals surface area contributed by atoms with Crippen molar-refractivity contribution in [1.29, 1.82) is 0 Å². The zero-order chi connectivity index (χ0) is 14.4. The van der Waals surface area contributed by atoms with Gasteiger partial charge < -0.3 is 14.9 Å². The van der Waals surface area contributed by atoms with Crippen LogP contribution < -0.4 is 4.74 Å². The van der Waals surface area contributed by atoms with Crippen LogP contribution in [0.5, 0.6) is 11.5 Å². The SMILES string of the molecule is O=C(O)/C=C/c1cncc(Oc2cccc(CO)c2)c1. The maximum atomic E-state index is 10.5. The van der Waals surface area contributed by atoms with Crippen molar-refractivity contribution in [1.82, 2.24) is 4.98 Å². The van der Waals surface area contributed by atoms with Gasteiger partial charge >= 0.3 is 5.97 Å². The van der Waals surface area contributed by atoms with Crippen LogP contribution in [-0.4, -0.2) is 21.2 Å². The van der Waals surface area contributed by atoms with Gasteiger partial charge in [-0.1, -0.05) is 12.1 Å². The Morgan fingerprint density at radius 3 is 2.85 bits per heavy atom. The number of hydrogen-bond donors (Lipinski definition) is 2. The van der Waals surface area contributed by atoms with Crippen LogP contribution in [0.15, 0.2) is 48.8 Å². The second kappa shape index (κ2) is 6.49. The van der Waals surface area contributed by atoms with Crippen molar-refractivity contribution < 1.29 is 19.7 Å². The molecule has 0 saturated carbocycles. The molecule has 2 aromatic rings. The monoisotopic (exact) mass is 271 g/mol. The van der Waals surface area contributed by atoms with Gasteiger partial charge in [0.15, 0.2) is 0 Å². The zero-order valence-electron chi connectivity index (χ0n) is 10.6. The van der Waals surface area contributed by atoms with Crippen molar-refractivity contribution in [3.63, 3.8) is 0 Å². The number of aromatic nitrogens is 1. The highest BCUT2D eigenvalue weighted by molar-refractivity contribution is 5.85. The molecule has 0 aliphatic carbocycles. The van der Waals surface area contributed by atoms with Crippen LogP contribution in [0.1, 0.15) is 11.1 Å². The van der Waals surface area contributed by atoms with Crippen molar-refractivity contribution in [2.45, 2.75) is 6.61 Å². The molecular formula is C15H13NO4. The predicted octanol–water partition coefficient (Wildman–Crippen LogP) is 2.46. The van der Waals surface area contributed by atoms with Gasteiger partial charge in [-0.3, -0.25) is 4.98 Å². The maximum absolute atomic E-state index is 10.5. The lowest BCUT2D eigenvalue weighted by Gasteiger charge is -2.07. The Morgan fingerprint density at radius 1 is 1.25 bits per heavy atom. The number of carbonyl (C=O) groups is 1. The van der Waals surface area contributed by atoms with Crippen LogP contribution in [0, 0.1) is 0 Å². The summed E-state index contributed by atoms with van der Waals surface area (Å²) >= 11 is 0. The number of aliphatic hydroxyl groups is 1. The van der Waals surface area contributed by atoms with Crippen LogP contribution in [-0.2, 0) is 11.4 Å². The van der Waals surface area contributed by atoms with Crippen molar-refractivity contribution >= 4 is 12.0 Å². The summed E-state index contributed by atoms with van der Waals surface area (Å²) in [6, 6.07) is 8.73. The molecular weight excluding hydrogens is 258 g/mol. The van der Waals surface area contributed by atoms with Crippen molar-refractivity contribution in [2.24, 2.45) is 0 Å². The molecule has 0 fully saturated rings. The predicted molar refractivity (Wildman–Crippen MR) is 73.3 cm³/mol. The van der Waals surface area contributed by atoms with Crippen molar-refractivity contribution in [3.8, 4) is 11.5 Å². The minimum Gasteiger partial charge on any atom is -0.478 e. The van der Waals surface area contributed by atoms with Gasteiger partial charge in [0, 0.05) is 12.3 Å². The van der Waals surface area contributed by atoms with Crippen molar-refractivity contribution in [2.75, 3.05) is 0 Å². The Labute approximate surface area is 115 Å². The molecule has 1 aromatic heterocycles. The Bertz CT molecular complexity index is 637. The molecule has 2 N–H and O–H groups in total. The van der Waals surface area contributed by atoms with E-state index in [1.807, 2.05) is 0 Å². The molecule has 0 radical (unpaired) electrons. The molecule has 0 aliphatic rings. The molecule has 0 aliphatic heterocycles. The number of hydrogen-bond acceptors (Lipinski definition) is 4. The first kappa shape index (κ1) is 13.8. The molecule has 2 rings (SSSR count). The summed E-state index contributed by atoms with van der Waals surface area (Å²) in [5.41, 5.74) is 1.38. The Morgan fingerprint density at radius 2 is 2.10 bits per heavy atom. The molecule has 20 heavy (non-hydrogen) atoms. The lowest BCUT2D eigenvalue weighted by atomic mass is 10.2. The van der Waals surface area contributed by atoms with Gasteiger partial charge in [0.1, 0.15) is 11.5 Å². The quantitative estimate of drug-likeness (QED) is 0.816. The smallest absolute Gasteiger partial charge is 0.328 e. The van der Waals surface area contributed by atoms with Crippen LogP contribution in [0.3, 0.4) is 0 Å². The third-order valence-corrected chi connectivity index (χ3v) is 2.47. The molecule has 1 aromatic carbocycles. The summed E-state index contributed by atoms with van der Waals surface area (Å²) in [6.07, 6.45) is 5.54. The minimum absolute atomic E-state index is 0.0587. The molecule has 0 unspecified atom stereocenters. The van der Waals surface area contributed by atoms with Gasteiger partial charge in [-0.2, -0.15) is 0 Å². The number of rotatable bonds is 5. The number of aliphatic carboxylic acids is 1. The summed E-state index contributed by atoms with van der Waals surface area (Å²) < 4.78 is 5.61. The molecule has 0 spiro atoms. The summed E-state index contributed by atoms with van der Waals surface area (Å²) in [7, 11) is 0. The van der Waals surface area contributed by atoms with Gasteiger partial charge in [0.2, 0.25) is 0 Å². The lowest BCUT2D eigenvalue weighted by molar-refractivity contribution is -0.131. The maximum Gasteiger partial charge on any atom is 0.328 e. The van der Waals surface area contributed by atoms with E-state index in [0.717, 1.165) is 11.6 Å². The third-order valence-electron chi connectivity index (χ3n) is 2.47. The summed E-state index contributed by atoms with van der Waals surface area (Å²) in [5.74, 6) is 0.0531. The van der Waals surface area contributed by atoms with E-state index >= 15 is 0 Å². The first-order valence-electron chi connectivity index (χ1n) is 5.91. The van der Waals surface area contributed by atoms with E-state index in [1.54, 1.807) is 30.3 Å². The molecule has 5 heteroatoms. The highest BCUT2D eigenvalue weighted by Gasteiger charge is 2.00. The molecule has 1 heterocycles. The Kier molecular flexibility index (Phi) is 4.47. The van der Waals surface area contributed by atoms with E-state index in [2.05, 4.69) is 4.98 Å². The van der Waals surface area contributed by atoms with E-state index in [0.29, 0.717) is 17.1 Å². The number of aliphatic hydroxyl groups excluding tert-OH is 1. The standard InChI is InChI=1S/C15H13NO4/c17-10-12-2-1-3-13(7-12)20-14-6-11(8-16-9-14)4-5-15(18)19/h1-9,17H,10H2,(H,18,19)/b5-4+. The molecule has 0 amide bonds. The molecule has 5 nitrogen and oxygen atoms in total. The van der Waals surface area contributed by atoms with Gasteiger partial charge in [-0.15, -0.1) is 0 Å². The first-order valence-corrected chi connectivity index (χ1v) is 5.91. The second-order valence-corrected chi connectivity index (χ2v) is 4.03. The Balaban J connectivity index is 2.16. The number of benzene rings is 1. The van der Waals surface area contributed by atoms with Crippen LogP contribution in [0.4, 0.5) is 0 Å². The third kappa shape index (κ3) is 3.93. The van der Waals surface area contributed by atoms with Crippen LogP contribution >= 0.6 is 0 Å². The van der Waals surface area contributed by atoms with Gasteiger partial charge in [0.25, 0.3) is 0 Å². The molecule has 0 bridgehead atoms. The summed E-state index contributed by atoms with van der Waals surface area (Å²) in [6.45, 7) is -0.0587. The number of pyridine rings is 1. The van der Waals surface area contributed by atoms with Crippen molar-refractivity contribution in [3.05, 3.63) is 59.9 Å². The molecule has 0 atom stereocenters. The summed E-state index contributed by atoms with van der Waals surface area (Å²) in [5, 5.41) is 17.6. The number of ether oxygens (including phenoxy) is 1. The fourth-order valence-electron chi connectivity index (χ4n) is 1.59. The normalized spacial score (nSPS) is 10.7. The second-order valence-electron chi connectivity index (χ2n) is 4.03. The molecule has 0 saturated heterocycles. The van der Waals surface area contributed by atoms with E-state index in [9.17, 15) is 4.79 Å². The van der Waals surface area contributed by atoms with E-state index in [4.69, 9.17) is 14.9 Å². The lowest BCUT2D eigenvalue weighted by Crippen LogP contribution is -1.89. The van der Waals surface area contributed by atoms with E-state index in [-0.39, 0.29) is 6.61 Å². The summed E-state index contributed by atoms with van der Waals surface area (Å²) in [4.78, 5) is 14.4. The Hall–Kier alpha value is -2.66. The number of nitrogens with zero attached hydrogens (tertiary/aromatic N) is 1. The van der Waals surface area contributed by atoms with E-state index in [1.165, 1.54) is 18.5 Å². The van der Waals surface area contributed by atoms with Gasteiger partial charge in [0.05, 0.1) is 12.8 Å². The zero-order valence-corrected chi connectivity index (χ0v) is 10.6. The van der Waals surface area contributed by atoms with Gasteiger partial charge in [-0.05, 0) is 35.4 Å². The van der Waals surface area contributed by atoms with Crippen LogP contribution in [0.25, 0.3) is 6.08 Å². The molecule has 102 valence electrons. The number of carboxylic acids is 1. The fraction of sp³-hybridized carbons (Fsp3) is 0.0667. The average molecular weight is 271 g/mol. The topological polar surface area (TPSA) is 79.7 Å². The number of carboxylic acid groups (broad SMARTS) is 1.